The number of alkyl halides is 1. The largest absolute Gasteiger partial charge is 0.337 e. The van der Waals surface area contributed by atoms with Crippen LogP contribution in [-0.4, -0.2) is 25.1 Å². The van der Waals surface area contributed by atoms with Gasteiger partial charge in [0.2, 0.25) is 11.7 Å². The van der Waals surface area contributed by atoms with Crippen molar-refractivity contribution in [1.82, 2.24) is 25.1 Å². The van der Waals surface area contributed by atoms with E-state index < -0.39 is 0 Å². The fourth-order valence-corrected chi connectivity index (χ4v) is 1.94. The van der Waals surface area contributed by atoms with Gasteiger partial charge in [0, 0.05) is 5.56 Å². The second-order valence-corrected chi connectivity index (χ2v) is 5.71. The number of hydrogen-bond acceptors (Lipinski definition) is 5. The number of benzene rings is 1. The van der Waals surface area contributed by atoms with Crippen LogP contribution in [0.15, 0.2) is 41.1 Å². The van der Waals surface area contributed by atoms with Crippen molar-refractivity contribution >= 4 is 15.9 Å². The van der Waals surface area contributed by atoms with E-state index >= 15 is 0 Å². The van der Waals surface area contributed by atoms with Gasteiger partial charge in [-0.25, -0.2) is 4.68 Å². The van der Waals surface area contributed by atoms with Crippen LogP contribution in [-0.2, 0) is 6.54 Å². The highest BCUT2D eigenvalue weighted by Crippen LogP contribution is 2.19. The van der Waals surface area contributed by atoms with Gasteiger partial charge in [-0.2, -0.15) is 4.98 Å². The second-order valence-electron chi connectivity index (χ2n) is 4.33. The van der Waals surface area contributed by atoms with Gasteiger partial charge in [-0.1, -0.05) is 56.6 Å². The Balaban J connectivity index is 1.77. The Morgan fingerprint density at radius 2 is 2.10 bits per heavy atom. The van der Waals surface area contributed by atoms with E-state index in [0.29, 0.717) is 18.3 Å². The van der Waals surface area contributed by atoms with Crippen molar-refractivity contribution in [2.75, 3.05) is 0 Å². The maximum atomic E-state index is 5.23. The van der Waals surface area contributed by atoms with Gasteiger partial charge in [-0.3, -0.25) is 0 Å². The van der Waals surface area contributed by atoms with Gasteiger partial charge in [0.1, 0.15) is 6.54 Å². The molecule has 1 atom stereocenters. The van der Waals surface area contributed by atoms with Crippen molar-refractivity contribution in [2.24, 2.45) is 0 Å². The van der Waals surface area contributed by atoms with Crippen LogP contribution in [0.25, 0.3) is 11.4 Å². The first-order chi connectivity index (χ1) is 9.72. The molecule has 0 aliphatic carbocycles. The average molecular weight is 334 g/mol. The van der Waals surface area contributed by atoms with Crippen LogP contribution >= 0.6 is 15.9 Å². The van der Waals surface area contributed by atoms with E-state index in [0.717, 1.165) is 11.3 Å². The summed E-state index contributed by atoms with van der Waals surface area (Å²) in [7, 11) is 0. The molecule has 0 aliphatic heterocycles. The number of aromatic nitrogens is 5. The van der Waals surface area contributed by atoms with E-state index in [1.807, 2.05) is 43.5 Å². The monoisotopic (exact) mass is 333 g/mol. The van der Waals surface area contributed by atoms with E-state index in [1.165, 1.54) is 0 Å². The highest BCUT2D eigenvalue weighted by atomic mass is 79.9. The van der Waals surface area contributed by atoms with Crippen molar-refractivity contribution in [3.05, 3.63) is 48.1 Å². The highest BCUT2D eigenvalue weighted by Gasteiger charge is 2.11. The Morgan fingerprint density at radius 1 is 1.30 bits per heavy atom. The fourth-order valence-electron chi connectivity index (χ4n) is 1.74. The first-order valence-corrected chi connectivity index (χ1v) is 7.06. The molecule has 6 nitrogen and oxygen atoms in total. The van der Waals surface area contributed by atoms with Crippen molar-refractivity contribution in [2.45, 2.75) is 18.3 Å². The lowest BCUT2D eigenvalue weighted by Crippen LogP contribution is -2.00. The van der Waals surface area contributed by atoms with Gasteiger partial charge in [-0.15, -0.1) is 5.10 Å². The molecule has 3 rings (SSSR count). The molecule has 7 heteroatoms. The summed E-state index contributed by atoms with van der Waals surface area (Å²) in [5.74, 6) is 1.08. The van der Waals surface area contributed by atoms with Crippen LogP contribution in [0.5, 0.6) is 0 Å². The van der Waals surface area contributed by atoms with Gasteiger partial charge < -0.3 is 4.52 Å². The molecule has 102 valence electrons. The van der Waals surface area contributed by atoms with Crippen molar-refractivity contribution in [1.29, 1.82) is 0 Å². The summed E-state index contributed by atoms with van der Waals surface area (Å²) in [6.07, 6.45) is 1.85. The molecule has 2 heterocycles. The average Bonchev–Trinajstić information content (AvgIpc) is 3.10. The van der Waals surface area contributed by atoms with E-state index in [9.17, 15) is 0 Å². The SMILES string of the molecule is CC(Br)c1cn(Cc2nc(-c3ccccc3)no2)nn1. The molecule has 0 radical (unpaired) electrons. The number of rotatable bonds is 4. The van der Waals surface area contributed by atoms with Gasteiger partial charge in [-0.05, 0) is 6.92 Å². The number of nitrogens with zero attached hydrogens (tertiary/aromatic N) is 5. The van der Waals surface area contributed by atoms with Crippen LogP contribution < -0.4 is 0 Å². The molecule has 3 aromatic rings. The fraction of sp³-hybridized carbons (Fsp3) is 0.231. The second kappa shape index (κ2) is 5.54. The lowest BCUT2D eigenvalue weighted by molar-refractivity contribution is 0.364. The molecule has 1 unspecified atom stereocenters. The first kappa shape index (κ1) is 13.0. The zero-order valence-corrected chi connectivity index (χ0v) is 12.4. The normalized spacial score (nSPS) is 12.5. The predicted molar refractivity (Wildman–Crippen MR) is 76.2 cm³/mol. The van der Waals surface area contributed by atoms with E-state index in [4.69, 9.17) is 4.52 Å². The maximum Gasteiger partial charge on any atom is 0.248 e. The Morgan fingerprint density at radius 3 is 2.80 bits per heavy atom. The molecule has 0 saturated heterocycles. The summed E-state index contributed by atoms with van der Waals surface area (Å²) in [4.78, 5) is 4.52. The van der Waals surface area contributed by atoms with Gasteiger partial charge in [0.15, 0.2) is 0 Å². The predicted octanol–water partition coefficient (Wildman–Crippen LogP) is 2.83. The molecular formula is C13H12BrN5O. The van der Waals surface area contributed by atoms with Crippen LogP contribution in [0, 0.1) is 0 Å². The third-order valence-electron chi connectivity index (χ3n) is 2.76. The molecule has 0 amide bonds. The van der Waals surface area contributed by atoms with Gasteiger partial charge >= 0.3 is 0 Å². The molecule has 0 spiro atoms. The highest BCUT2D eigenvalue weighted by molar-refractivity contribution is 9.09. The van der Waals surface area contributed by atoms with E-state index in [2.05, 4.69) is 36.4 Å². The van der Waals surface area contributed by atoms with Crippen LogP contribution in [0.1, 0.15) is 23.3 Å². The molecule has 0 aliphatic rings. The summed E-state index contributed by atoms with van der Waals surface area (Å²) in [5.41, 5.74) is 1.80. The van der Waals surface area contributed by atoms with Crippen LogP contribution in [0.2, 0.25) is 0 Å². The van der Waals surface area contributed by atoms with Crippen molar-refractivity contribution in [3.63, 3.8) is 0 Å². The Bertz CT molecular complexity index is 692. The summed E-state index contributed by atoms with van der Waals surface area (Å²) in [6, 6.07) is 9.70. The van der Waals surface area contributed by atoms with Crippen molar-refractivity contribution in [3.8, 4) is 11.4 Å². The minimum absolute atomic E-state index is 0.166. The minimum atomic E-state index is 0.166. The standard InChI is InChI=1S/C13H12BrN5O/c1-9(14)11-7-19(18-16-11)8-12-15-13(17-20-12)10-5-3-2-4-6-10/h2-7,9H,8H2,1H3. The quantitative estimate of drug-likeness (QED) is 0.686. The Kier molecular flexibility index (Phi) is 3.60. The van der Waals surface area contributed by atoms with Crippen LogP contribution in [0.3, 0.4) is 0 Å². The van der Waals surface area contributed by atoms with E-state index in [-0.39, 0.29) is 4.83 Å². The molecule has 0 bridgehead atoms. The molecule has 0 fully saturated rings. The van der Waals surface area contributed by atoms with E-state index in [1.54, 1.807) is 4.68 Å². The molecule has 0 N–H and O–H groups in total. The minimum Gasteiger partial charge on any atom is -0.337 e. The molecular weight excluding hydrogens is 322 g/mol. The Labute approximate surface area is 123 Å². The lowest BCUT2D eigenvalue weighted by Gasteiger charge is -1.94. The topological polar surface area (TPSA) is 69.6 Å². The Hall–Kier alpha value is -2.02. The molecule has 20 heavy (non-hydrogen) atoms. The lowest BCUT2D eigenvalue weighted by atomic mass is 10.2. The number of halogens is 1. The number of hydrogen-bond donors (Lipinski definition) is 0. The van der Waals surface area contributed by atoms with Crippen LogP contribution in [0.4, 0.5) is 0 Å². The zero-order valence-electron chi connectivity index (χ0n) is 10.8. The molecule has 2 aromatic heterocycles. The maximum absolute atomic E-state index is 5.23. The third kappa shape index (κ3) is 2.77. The van der Waals surface area contributed by atoms with Crippen molar-refractivity contribution < 1.29 is 4.52 Å². The molecule has 0 saturated carbocycles. The first-order valence-electron chi connectivity index (χ1n) is 6.14. The van der Waals surface area contributed by atoms with Gasteiger partial charge in [0.05, 0.1) is 16.7 Å². The summed E-state index contributed by atoms with van der Waals surface area (Å²) < 4.78 is 6.91. The third-order valence-corrected chi connectivity index (χ3v) is 3.23. The summed E-state index contributed by atoms with van der Waals surface area (Å²) in [6.45, 7) is 2.40. The summed E-state index contributed by atoms with van der Waals surface area (Å²) >= 11 is 3.45. The zero-order chi connectivity index (χ0) is 13.9. The smallest absolute Gasteiger partial charge is 0.248 e. The van der Waals surface area contributed by atoms with Gasteiger partial charge in [0.25, 0.3) is 0 Å². The summed E-state index contributed by atoms with van der Waals surface area (Å²) in [5, 5.41) is 12.0. The molecule has 1 aromatic carbocycles.